The van der Waals surface area contributed by atoms with Crippen LogP contribution in [0.2, 0.25) is 0 Å². The van der Waals surface area contributed by atoms with Crippen LogP contribution in [-0.4, -0.2) is 47.3 Å². The number of piperidine rings is 1. The van der Waals surface area contributed by atoms with E-state index in [2.05, 4.69) is 25.2 Å². The van der Waals surface area contributed by atoms with Crippen molar-refractivity contribution in [2.75, 3.05) is 24.2 Å². The van der Waals surface area contributed by atoms with Gasteiger partial charge < -0.3 is 10.2 Å². The van der Waals surface area contributed by atoms with E-state index in [0.717, 1.165) is 49.3 Å². The van der Waals surface area contributed by atoms with Crippen molar-refractivity contribution in [1.29, 1.82) is 0 Å². The Bertz CT molecular complexity index is 956. The van der Waals surface area contributed by atoms with Crippen LogP contribution < -0.4 is 10.2 Å². The van der Waals surface area contributed by atoms with Crippen LogP contribution in [0.3, 0.4) is 0 Å². The van der Waals surface area contributed by atoms with Crippen LogP contribution in [0, 0.1) is 0 Å². The highest BCUT2D eigenvalue weighted by Crippen LogP contribution is 2.27. The average molecular weight is 360 g/mol. The van der Waals surface area contributed by atoms with Crippen LogP contribution in [-0.2, 0) is 9.84 Å². The molecule has 0 bridgehead atoms. The largest absolute Gasteiger partial charge is 0.354 e. The van der Waals surface area contributed by atoms with E-state index in [1.807, 2.05) is 16.7 Å². The lowest BCUT2D eigenvalue weighted by Crippen LogP contribution is -2.30. The number of amidine groups is 1. The van der Waals surface area contributed by atoms with Gasteiger partial charge in [0, 0.05) is 37.9 Å². The Morgan fingerprint density at radius 3 is 2.76 bits per heavy atom. The lowest BCUT2D eigenvalue weighted by molar-refractivity contribution is 0.573. The van der Waals surface area contributed by atoms with Crippen molar-refractivity contribution in [1.82, 2.24) is 19.7 Å². The van der Waals surface area contributed by atoms with Crippen LogP contribution in [0.4, 0.5) is 5.82 Å². The summed E-state index contributed by atoms with van der Waals surface area (Å²) >= 11 is 0. The number of sulfone groups is 1. The minimum absolute atomic E-state index is 0.0275. The highest BCUT2D eigenvalue weighted by molar-refractivity contribution is 8.05. The molecule has 1 unspecified atom stereocenters. The summed E-state index contributed by atoms with van der Waals surface area (Å²) in [5, 5.41) is 2.67. The fourth-order valence-corrected chi connectivity index (χ4v) is 3.84. The summed E-state index contributed by atoms with van der Waals surface area (Å²) in [5.74, 6) is 0.874. The number of aliphatic imine (C=N–C) groups is 1. The second-order valence-corrected chi connectivity index (χ2v) is 8.26. The first kappa shape index (κ1) is 16.1. The molecule has 0 amide bonds. The number of aromatic nitrogens is 3. The van der Waals surface area contributed by atoms with Crippen molar-refractivity contribution >= 4 is 26.5 Å². The summed E-state index contributed by atoms with van der Waals surface area (Å²) in [6.45, 7) is 1.97. The Labute approximate surface area is 146 Å². The van der Waals surface area contributed by atoms with Crippen molar-refractivity contribution in [2.24, 2.45) is 4.99 Å². The van der Waals surface area contributed by atoms with Crippen LogP contribution in [0.15, 0.2) is 35.9 Å². The van der Waals surface area contributed by atoms with Gasteiger partial charge in [0.1, 0.15) is 6.04 Å². The molecule has 132 valence electrons. The van der Waals surface area contributed by atoms with Gasteiger partial charge in [-0.2, -0.15) is 0 Å². The van der Waals surface area contributed by atoms with Crippen molar-refractivity contribution in [3.63, 3.8) is 0 Å². The fraction of sp³-hybridized carbons (Fsp3) is 0.438. The third-order valence-electron chi connectivity index (χ3n) is 4.49. The number of hydrogen-bond acceptors (Lipinski definition) is 7. The first-order valence-electron chi connectivity index (χ1n) is 8.32. The Morgan fingerprint density at radius 1 is 1.20 bits per heavy atom. The molecule has 4 heterocycles. The molecular formula is C16H20N6O2S. The molecule has 4 rings (SSSR count). The number of imidazole rings is 1. The highest BCUT2D eigenvalue weighted by atomic mass is 32.2. The van der Waals surface area contributed by atoms with E-state index in [0.29, 0.717) is 0 Å². The van der Waals surface area contributed by atoms with E-state index < -0.39 is 15.9 Å². The number of nitrogens with zero attached hydrogens (tertiary/aromatic N) is 5. The Kier molecular flexibility index (Phi) is 3.95. The first-order valence-corrected chi connectivity index (χ1v) is 10.2. The zero-order chi connectivity index (χ0) is 17.4. The van der Waals surface area contributed by atoms with Crippen molar-refractivity contribution in [3.05, 3.63) is 36.6 Å². The lowest BCUT2D eigenvalue weighted by Gasteiger charge is -2.27. The maximum Gasteiger partial charge on any atom is 0.220 e. The van der Waals surface area contributed by atoms with Gasteiger partial charge in [0.2, 0.25) is 15.0 Å². The van der Waals surface area contributed by atoms with Gasteiger partial charge in [-0.3, -0.25) is 4.40 Å². The van der Waals surface area contributed by atoms with Crippen LogP contribution in [0.5, 0.6) is 0 Å². The molecule has 2 aromatic rings. The minimum atomic E-state index is -3.39. The molecule has 25 heavy (non-hydrogen) atoms. The van der Waals surface area contributed by atoms with E-state index in [9.17, 15) is 8.42 Å². The SMILES string of the molecule is CS(=O)(=O)C1=NC(c2cnc3c(N4CCCCC4)nccn23)C=CN1. The Morgan fingerprint density at radius 2 is 2.00 bits per heavy atom. The minimum Gasteiger partial charge on any atom is -0.354 e. The smallest absolute Gasteiger partial charge is 0.220 e. The summed E-state index contributed by atoms with van der Waals surface area (Å²) in [6, 6.07) is -0.405. The maximum absolute atomic E-state index is 11.8. The van der Waals surface area contributed by atoms with Gasteiger partial charge in [-0.15, -0.1) is 0 Å². The number of rotatable bonds is 2. The molecule has 0 aliphatic carbocycles. The topological polar surface area (TPSA) is 92.0 Å². The summed E-state index contributed by atoms with van der Waals surface area (Å²) in [6.07, 6.45) is 13.5. The second kappa shape index (κ2) is 6.14. The van der Waals surface area contributed by atoms with Crippen molar-refractivity contribution < 1.29 is 8.42 Å². The van der Waals surface area contributed by atoms with Crippen LogP contribution in [0.25, 0.3) is 5.65 Å². The Hall–Kier alpha value is -2.42. The molecule has 0 saturated carbocycles. The van der Waals surface area contributed by atoms with Gasteiger partial charge in [-0.1, -0.05) is 0 Å². The molecule has 9 heteroatoms. The predicted octanol–water partition coefficient (Wildman–Crippen LogP) is 1.28. The molecule has 0 aromatic carbocycles. The molecule has 1 atom stereocenters. The first-order chi connectivity index (χ1) is 12.0. The van der Waals surface area contributed by atoms with Crippen LogP contribution >= 0.6 is 0 Å². The molecule has 8 nitrogen and oxygen atoms in total. The molecular weight excluding hydrogens is 340 g/mol. The zero-order valence-electron chi connectivity index (χ0n) is 14.0. The van der Waals surface area contributed by atoms with Gasteiger partial charge in [-0.25, -0.2) is 23.4 Å². The summed E-state index contributed by atoms with van der Waals surface area (Å²) in [4.78, 5) is 15.7. The number of hydrogen-bond donors (Lipinski definition) is 1. The van der Waals surface area contributed by atoms with E-state index in [-0.39, 0.29) is 5.17 Å². The normalized spacial score (nSPS) is 21.2. The molecule has 0 spiro atoms. The Balaban J connectivity index is 1.75. The van der Waals surface area contributed by atoms with E-state index in [1.54, 1.807) is 18.6 Å². The lowest BCUT2D eigenvalue weighted by atomic mass is 10.1. The third kappa shape index (κ3) is 2.99. The van der Waals surface area contributed by atoms with Crippen molar-refractivity contribution in [3.8, 4) is 0 Å². The van der Waals surface area contributed by atoms with E-state index in [1.165, 1.54) is 6.42 Å². The standard InChI is InChI=1S/C16H20N6O2S/c1-25(23,24)16-18-6-5-12(20-16)13-11-19-15-14(17-7-10-22(13)15)21-8-3-2-4-9-21/h5-7,10-12H,2-4,8-9H2,1H3,(H,18,20). The summed E-state index contributed by atoms with van der Waals surface area (Å²) in [5.41, 5.74) is 1.59. The predicted molar refractivity (Wildman–Crippen MR) is 96.3 cm³/mol. The molecule has 2 aliphatic rings. The maximum atomic E-state index is 11.8. The highest BCUT2D eigenvalue weighted by Gasteiger charge is 2.23. The fourth-order valence-electron chi connectivity index (χ4n) is 3.26. The summed E-state index contributed by atoms with van der Waals surface area (Å²) in [7, 11) is -3.39. The molecule has 1 saturated heterocycles. The average Bonchev–Trinajstić information content (AvgIpc) is 3.06. The van der Waals surface area contributed by atoms with E-state index >= 15 is 0 Å². The molecule has 1 fully saturated rings. The number of fused-ring (bicyclic) bond motifs is 1. The van der Waals surface area contributed by atoms with Gasteiger partial charge in [-0.05, 0) is 25.3 Å². The summed E-state index contributed by atoms with van der Waals surface area (Å²) < 4.78 is 25.5. The number of nitrogens with one attached hydrogen (secondary N) is 1. The third-order valence-corrected chi connectivity index (χ3v) is 5.42. The van der Waals surface area contributed by atoms with Gasteiger partial charge >= 0.3 is 0 Å². The van der Waals surface area contributed by atoms with Crippen molar-refractivity contribution in [2.45, 2.75) is 25.3 Å². The molecule has 2 aromatic heterocycles. The van der Waals surface area contributed by atoms with Gasteiger partial charge in [0.15, 0.2) is 11.5 Å². The second-order valence-electron chi connectivity index (χ2n) is 6.33. The quantitative estimate of drug-likeness (QED) is 0.867. The van der Waals surface area contributed by atoms with E-state index in [4.69, 9.17) is 0 Å². The zero-order valence-corrected chi connectivity index (χ0v) is 14.8. The van der Waals surface area contributed by atoms with Crippen LogP contribution in [0.1, 0.15) is 31.0 Å². The monoisotopic (exact) mass is 360 g/mol. The number of anilines is 1. The van der Waals surface area contributed by atoms with Gasteiger partial charge in [0.25, 0.3) is 0 Å². The van der Waals surface area contributed by atoms with Gasteiger partial charge in [0.05, 0.1) is 11.9 Å². The molecule has 2 aliphatic heterocycles. The molecule has 0 radical (unpaired) electrons. The molecule has 1 N–H and O–H groups in total.